The zero-order valence-corrected chi connectivity index (χ0v) is 15.4. The van der Waals surface area contributed by atoms with Crippen molar-refractivity contribution in [1.29, 1.82) is 0 Å². The number of rotatable bonds is 4. The van der Waals surface area contributed by atoms with Crippen molar-refractivity contribution >= 4 is 11.8 Å². The average molecular weight is 357 g/mol. The van der Waals surface area contributed by atoms with Gasteiger partial charge in [-0.3, -0.25) is 14.3 Å². The van der Waals surface area contributed by atoms with Crippen LogP contribution in [0, 0.1) is 12.8 Å². The first-order valence-electron chi connectivity index (χ1n) is 8.45. The van der Waals surface area contributed by atoms with Crippen molar-refractivity contribution in [3.05, 3.63) is 41.3 Å². The second-order valence-corrected chi connectivity index (χ2v) is 6.52. The SMILES string of the molecule is CNC(=O)[C@H]1CN(C(=O)c2cc(C)nc(OC)c2)C[C@@H]1c1cnn(C)c1. The molecule has 1 fully saturated rings. The van der Waals surface area contributed by atoms with Crippen molar-refractivity contribution in [2.75, 3.05) is 27.2 Å². The normalized spacial score (nSPS) is 19.5. The molecule has 2 amide bonds. The maximum atomic E-state index is 13.0. The topological polar surface area (TPSA) is 89.3 Å². The van der Waals surface area contributed by atoms with Gasteiger partial charge in [0.15, 0.2) is 0 Å². The maximum Gasteiger partial charge on any atom is 0.254 e. The first kappa shape index (κ1) is 17.9. The lowest BCUT2D eigenvalue weighted by atomic mass is 9.90. The Bertz CT molecular complexity index is 832. The molecule has 2 aromatic rings. The minimum Gasteiger partial charge on any atom is -0.481 e. The number of carbonyl (C=O) groups is 2. The minimum atomic E-state index is -0.307. The second kappa shape index (κ2) is 7.15. The largest absolute Gasteiger partial charge is 0.481 e. The van der Waals surface area contributed by atoms with E-state index >= 15 is 0 Å². The van der Waals surface area contributed by atoms with Crippen LogP contribution in [0.5, 0.6) is 5.88 Å². The summed E-state index contributed by atoms with van der Waals surface area (Å²) in [5.74, 6) is -0.193. The lowest BCUT2D eigenvalue weighted by Gasteiger charge is -2.17. The molecule has 0 unspecified atom stereocenters. The molecule has 0 bridgehead atoms. The molecule has 1 aliphatic rings. The molecule has 0 radical (unpaired) electrons. The van der Waals surface area contributed by atoms with Crippen LogP contribution in [-0.4, -0.2) is 58.7 Å². The van der Waals surface area contributed by atoms with Crippen molar-refractivity contribution in [3.8, 4) is 5.88 Å². The van der Waals surface area contributed by atoms with E-state index in [1.807, 2.05) is 20.2 Å². The Labute approximate surface area is 152 Å². The molecule has 26 heavy (non-hydrogen) atoms. The van der Waals surface area contributed by atoms with E-state index in [0.717, 1.165) is 5.56 Å². The van der Waals surface area contributed by atoms with Crippen LogP contribution in [0.4, 0.5) is 0 Å². The Hall–Kier alpha value is -2.90. The van der Waals surface area contributed by atoms with Gasteiger partial charge in [-0.2, -0.15) is 5.10 Å². The molecule has 0 aliphatic carbocycles. The smallest absolute Gasteiger partial charge is 0.254 e. The van der Waals surface area contributed by atoms with Crippen molar-refractivity contribution < 1.29 is 14.3 Å². The Morgan fingerprint density at radius 1 is 1.31 bits per heavy atom. The van der Waals surface area contributed by atoms with Gasteiger partial charge in [0.25, 0.3) is 5.91 Å². The number of amides is 2. The molecule has 8 heteroatoms. The van der Waals surface area contributed by atoms with E-state index in [2.05, 4.69) is 15.4 Å². The predicted molar refractivity (Wildman–Crippen MR) is 94.9 cm³/mol. The number of hydrogen-bond acceptors (Lipinski definition) is 5. The number of nitrogens with zero attached hydrogens (tertiary/aromatic N) is 4. The molecule has 138 valence electrons. The number of ether oxygens (including phenoxy) is 1. The van der Waals surface area contributed by atoms with Crippen LogP contribution in [0.25, 0.3) is 0 Å². The molecule has 2 aromatic heterocycles. The fourth-order valence-electron chi connectivity index (χ4n) is 3.44. The van der Waals surface area contributed by atoms with Crippen LogP contribution in [0.15, 0.2) is 24.5 Å². The number of nitrogens with one attached hydrogen (secondary N) is 1. The lowest BCUT2D eigenvalue weighted by Crippen LogP contribution is -2.33. The Balaban J connectivity index is 1.88. The van der Waals surface area contributed by atoms with Crippen molar-refractivity contribution in [2.24, 2.45) is 13.0 Å². The van der Waals surface area contributed by atoms with E-state index in [0.29, 0.717) is 30.2 Å². The summed E-state index contributed by atoms with van der Waals surface area (Å²) in [6.07, 6.45) is 3.66. The first-order chi connectivity index (χ1) is 12.4. The van der Waals surface area contributed by atoms with Gasteiger partial charge < -0.3 is 15.0 Å². The van der Waals surface area contributed by atoms with Crippen molar-refractivity contribution in [2.45, 2.75) is 12.8 Å². The van der Waals surface area contributed by atoms with Crippen molar-refractivity contribution in [1.82, 2.24) is 25.0 Å². The summed E-state index contributed by atoms with van der Waals surface area (Å²) in [6.45, 7) is 2.64. The van der Waals surface area contributed by atoms with Gasteiger partial charge in [0, 0.05) is 56.6 Å². The molecule has 2 atom stereocenters. The number of aromatic nitrogens is 3. The van der Waals surface area contributed by atoms with Gasteiger partial charge in [0.1, 0.15) is 0 Å². The third kappa shape index (κ3) is 3.40. The number of likely N-dealkylation sites (tertiary alicyclic amines) is 1. The first-order valence-corrected chi connectivity index (χ1v) is 8.45. The highest BCUT2D eigenvalue weighted by Gasteiger charge is 2.40. The van der Waals surface area contributed by atoms with Gasteiger partial charge in [0.05, 0.1) is 19.2 Å². The van der Waals surface area contributed by atoms with E-state index in [1.54, 1.807) is 35.0 Å². The van der Waals surface area contributed by atoms with Crippen LogP contribution in [0.3, 0.4) is 0 Å². The fraction of sp³-hybridized carbons (Fsp3) is 0.444. The van der Waals surface area contributed by atoms with Gasteiger partial charge in [-0.05, 0) is 18.6 Å². The zero-order valence-electron chi connectivity index (χ0n) is 15.4. The number of methoxy groups -OCH3 is 1. The molecule has 3 rings (SSSR count). The summed E-state index contributed by atoms with van der Waals surface area (Å²) < 4.78 is 6.87. The van der Waals surface area contributed by atoms with E-state index in [9.17, 15) is 9.59 Å². The lowest BCUT2D eigenvalue weighted by molar-refractivity contribution is -0.124. The van der Waals surface area contributed by atoms with Gasteiger partial charge in [0.2, 0.25) is 11.8 Å². The number of hydrogen-bond donors (Lipinski definition) is 1. The highest BCUT2D eigenvalue weighted by atomic mass is 16.5. The molecular weight excluding hydrogens is 334 g/mol. The highest BCUT2D eigenvalue weighted by molar-refractivity contribution is 5.95. The zero-order chi connectivity index (χ0) is 18.8. The Morgan fingerprint density at radius 3 is 2.69 bits per heavy atom. The molecule has 8 nitrogen and oxygen atoms in total. The molecule has 0 spiro atoms. The van der Waals surface area contributed by atoms with Gasteiger partial charge in [-0.15, -0.1) is 0 Å². The van der Waals surface area contributed by atoms with E-state index in [-0.39, 0.29) is 23.7 Å². The van der Waals surface area contributed by atoms with Gasteiger partial charge in [-0.25, -0.2) is 4.98 Å². The molecule has 3 heterocycles. The standard InChI is InChI=1S/C18H23N5O3/c1-11-5-12(6-16(21-11)26-4)18(25)23-9-14(13-7-20-22(3)8-13)15(10-23)17(24)19-2/h5-8,14-15H,9-10H2,1-4H3,(H,19,24)/t14-,15+/m1/s1. The van der Waals surface area contributed by atoms with E-state index in [1.165, 1.54) is 7.11 Å². The molecular formula is C18H23N5O3. The Morgan fingerprint density at radius 2 is 2.08 bits per heavy atom. The average Bonchev–Trinajstić information content (AvgIpc) is 3.26. The van der Waals surface area contributed by atoms with Crippen LogP contribution < -0.4 is 10.1 Å². The van der Waals surface area contributed by atoms with E-state index in [4.69, 9.17) is 4.74 Å². The fourth-order valence-corrected chi connectivity index (χ4v) is 3.44. The molecule has 1 saturated heterocycles. The number of carbonyl (C=O) groups excluding carboxylic acids is 2. The summed E-state index contributed by atoms with van der Waals surface area (Å²) in [4.78, 5) is 31.3. The summed E-state index contributed by atoms with van der Waals surface area (Å²) in [5.41, 5.74) is 2.18. The van der Waals surface area contributed by atoms with Gasteiger partial charge >= 0.3 is 0 Å². The van der Waals surface area contributed by atoms with Crippen LogP contribution in [0.2, 0.25) is 0 Å². The summed E-state index contributed by atoms with van der Waals surface area (Å²) in [7, 11) is 4.97. The second-order valence-electron chi connectivity index (χ2n) is 6.52. The van der Waals surface area contributed by atoms with Gasteiger partial charge in [-0.1, -0.05) is 0 Å². The maximum absolute atomic E-state index is 13.0. The van der Waals surface area contributed by atoms with Crippen molar-refractivity contribution in [3.63, 3.8) is 0 Å². The van der Waals surface area contributed by atoms with Crippen LogP contribution in [0.1, 0.15) is 27.5 Å². The number of aryl methyl sites for hydroxylation is 2. The minimum absolute atomic E-state index is 0.0716. The van der Waals surface area contributed by atoms with Crippen LogP contribution >= 0.6 is 0 Å². The molecule has 1 aliphatic heterocycles. The highest BCUT2D eigenvalue weighted by Crippen LogP contribution is 2.33. The molecule has 0 aromatic carbocycles. The summed E-state index contributed by atoms with van der Waals surface area (Å²) >= 11 is 0. The quantitative estimate of drug-likeness (QED) is 0.871. The summed E-state index contributed by atoms with van der Waals surface area (Å²) in [5, 5.41) is 6.91. The monoisotopic (exact) mass is 357 g/mol. The Kier molecular flexibility index (Phi) is 4.92. The summed E-state index contributed by atoms with van der Waals surface area (Å²) in [6, 6.07) is 3.36. The predicted octanol–water partition coefficient (Wildman–Crippen LogP) is 0.734. The number of pyridine rings is 1. The third-order valence-corrected chi connectivity index (χ3v) is 4.73. The van der Waals surface area contributed by atoms with E-state index < -0.39 is 0 Å². The molecule has 0 saturated carbocycles. The third-order valence-electron chi connectivity index (χ3n) is 4.73. The molecule has 1 N–H and O–H groups in total. The van der Waals surface area contributed by atoms with Crippen LogP contribution in [-0.2, 0) is 11.8 Å².